The van der Waals surface area contributed by atoms with Gasteiger partial charge in [-0.3, -0.25) is 9.78 Å². The number of benzene rings is 1. The first-order chi connectivity index (χ1) is 10.1. The molecule has 0 aliphatic rings. The van der Waals surface area contributed by atoms with Gasteiger partial charge >= 0.3 is 0 Å². The van der Waals surface area contributed by atoms with Crippen LogP contribution in [-0.2, 0) is 6.42 Å². The fraction of sp³-hybridized carbons (Fsp3) is 0.250. The van der Waals surface area contributed by atoms with E-state index < -0.39 is 0 Å². The van der Waals surface area contributed by atoms with Gasteiger partial charge in [0.1, 0.15) is 11.5 Å². The second kappa shape index (κ2) is 6.83. The molecule has 0 aliphatic carbocycles. The summed E-state index contributed by atoms with van der Waals surface area (Å²) in [7, 11) is 1.57. The highest BCUT2D eigenvalue weighted by atomic mass is 19.1. The van der Waals surface area contributed by atoms with Crippen LogP contribution in [0.5, 0.6) is 0 Å². The highest BCUT2D eigenvalue weighted by Crippen LogP contribution is 2.12. The summed E-state index contributed by atoms with van der Waals surface area (Å²) in [6.07, 6.45) is 2.37. The van der Waals surface area contributed by atoms with Crippen molar-refractivity contribution in [2.45, 2.75) is 13.3 Å². The fourth-order valence-corrected chi connectivity index (χ4v) is 2.07. The second-order valence-corrected chi connectivity index (χ2v) is 4.76. The molecular formula is C16H18FN3O. The maximum absolute atomic E-state index is 13.0. The highest BCUT2D eigenvalue weighted by Gasteiger charge is 2.05. The highest BCUT2D eigenvalue weighted by molar-refractivity contribution is 5.92. The normalized spacial score (nSPS) is 10.2. The molecule has 0 spiro atoms. The summed E-state index contributed by atoms with van der Waals surface area (Å²) in [5.41, 5.74) is 3.26. The number of pyridine rings is 1. The van der Waals surface area contributed by atoms with Crippen LogP contribution in [-0.4, -0.2) is 24.5 Å². The molecule has 0 unspecified atom stereocenters. The summed E-state index contributed by atoms with van der Waals surface area (Å²) >= 11 is 0. The third kappa shape index (κ3) is 4.02. The van der Waals surface area contributed by atoms with Gasteiger partial charge in [-0.1, -0.05) is 6.07 Å². The van der Waals surface area contributed by atoms with Crippen LogP contribution in [0.25, 0.3) is 0 Å². The number of hydrogen-bond donors (Lipinski definition) is 2. The first-order valence-corrected chi connectivity index (χ1v) is 6.77. The predicted molar refractivity (Wildman–Crippen MR) is 81.0 cm³/mol. The molecule has 0 fully saturated rings. The van der Waals surface area contributed by atoms with Gasteiger partial charge in [-0.05, 0) is 48.7 Å². The number of nitrogens with zero attached hydrogens (tertiary/aromatic N) is 1. The van der Waals surface area contributed by atoms with Crippen LogP contribution in [0.1, 0.15) is 21.6 Å². The molecular weight excluding hydrogens is 269 g/mol. The van der Waals surface area contributed by atoms with Gasteiger partial charge in [0.25, 0.3) is 5.91 Å². The first-order valence-electron chi connectivity index (χ1n) is 6.77. The van der Waals surface area contributed by atoms with E-state index in [0.29, 0.717) is 12.2 Å². The van der Waals surface area contributed by atoms with Crippen molar-refractivity contribution < 1.29 is 9.18 Å². The van der Waals surface area contributed by atoms with Crippen molar-refractivity contribution in [2.24, 2.45) is 0 Å². The van der Waals surface area contributed by atoms with Crippen molar-refractivity contribution in [1.29, 1.82) is 0 Å². The van der Waals surface area contributed by atoms with E-state index in [-0.39, 0.29) is 11.7 Å². The van der Waals surface area contributed by atoms with E-state index in [9.17, 15) is 9.18 Å². The number of rotatable bonds is 5. The zero-order valence-corrected chi connectivity index (χ0v) is 12.1. The minimum atomic E-state index is -0.215. The molecule has 110 valence electrons. The van der Waals surface area contributed by atoms with Crippen molar-refractivity contribution in [1.82, 2.24) is 10.3 Å². The number of carbonyl (C=O) groups excluding carboxylic acids is 1. The monoisotopic (exact) mass is 287 g/mol. The number of anilines is 1. The molecule has 5 heteroatoms. The van der Waals surface area contributed by atoms with E-state index in [1.807, 2.05) is 13.0 Å². The van der Waals surface area contributed by atoms with Crippen LogP contribution in [0.4, 0.5) is 10.1 Å². The molecule has 1 aromatic carbocycles. The molecule has 0 radical (unpaired) electrons. The largest absolute Gasteiger partial charge is 0.385 e. The summed E-state index contributed by atoms with van der Waals surface area (Å²) < 4.78 is 13.0. The second-order valence-electron chi connectivity index (χ2n) is 4.76. The Morgan fingerprint density at radius 3 is 2.81 bits per heavy atom. The van der Waals surface area contributed by atoms with E-state index in [0.717, 1.165) is 23.2 Å². The Kier molecular flexibility index (Phi) is 4.87. The van der Waals surface area contributed by atoms with Crippen molar-refractivity contribution in [3.63, 3.8) is 0 Å². The summed E-state index contributed by atoms with van der Waals surface area (Å²) in [5.74, 6) is -0.429. The van der Waals surface area contributed by atoms with Crippen LogP contribution in [0.3, 0.4) is 0 Å². The van der Waals surface area contributed by atoms with Gasteiger partial charge in [0.15, 0.2) is 0 Å². The zero-order valence-electron chi connectivity index (χ0n) is 12.1. The van der Waals surface area contributed by atoms with Gasteiger partial charge in [0.2, 0.25) is 0 Å². The molecule has 0 saturated heterocycles. The van der Waals surface area contributed by atoms with E-state index in [1.54, 1.807) is 25.4 Å². The van der Waals surface area contributed by atoms with Gasteiger partial charge in [0.05, 0.1) is 0 Å². The van der Waals surface area contributed by atoms with E-state index in [2.05, 4.69) is 15.6 Å². The molecule has 0 atom stereocenters. The average Bonchev–Trinajstić information content (AvgIpc) is 2.49. The zero-order chi connectivity index (χ0) is 15.2. The van der Waals surface area contributed by atoms with Crippen molar-refractivity contribution in [2.75, 3.05) is 18.9 Å². The number of nitrogens with one attached hydrogen (secondary N) is 2. The van der Waals surface area contributed by atoms with Crippen LogP contribution >= 0.6 is 0 Å². The Labute approximate surface area is 123 Å². The lowest BCUT2D eigenvalue weighted by Gasteiger charge is -2.09. The van der Waals surface area contributed by atoms with Gasteiger partial charge in [-0.25, -0.2) is 4.39 Å². The lowest BCUT2D eigenvalue weighted by Crippen LogP contribution is -2.19. The number of halogens is 1. The standard InChI is InChI=1S/C16H18FN3O/c1-11-9-13(17)4-3-12(11)5-7-19-14-6-8-20-15(10-14)16(21)18-2/h3-4,6,8-10H,5,7H2,1-2H3,(H,18,21)(H,19,20). The maximum atomic E-state index is 13.0. The number of aromatic nitrogens is 1. The molecule has 1 amide bonds. The topological polar surface area (TPSA) is 54.0 Å². The van der Waals surface area contributed by atoms with E-state index in [1.165, 1.54) is 12.1 Å². The molecule has 0 saturated carbocycles. The smallest absolute Gasteiger partial charge is 0.269 e. The Balaban J connectivity index is 1.95. The first kappa shape index (κ1) is 15.0. The fourth-order valence-electron chi connectivity index (χ4n) is 2.07. The average molecular weight is 287 g/mol. The Bertz CT molecular complexity index is 643. The molecule has 21 heavy (non-hydrogen) atoms. The quantitative estimate of drug-likeness (QED) is 0.888. The summed E-state index contributed by atoms with van der Waals surface area (Å²) in [6.45, 7) is 2.60. The summed E-state index contributed by atoms with van der Waals surface area (Å²) in [4.78, 5) is 15.5. The lowest BCUT2D eigenvalue weighted by atomic mass is 10.1. The molecule has 2 aromatic rings. The molecule has 4 nitrogen and oxygen atoms in total. The molecule has 2 rings (SSSR count). The molecule has 0 aliphatic heterocycles. The van der Waals surface area contributed by atoms with Crippen LogP contribution in [0.15, 0.2) is 36.5 Å². The number of aryl methyl sites for hydroxylation is 1. The van der Waals surface area contributed by atoms with E-state index >= 15 is 0 Å². The third-order valence-corrected chi connectivity index (χ3v) is 3.25. The molecule has 1 heterocycles. The van der Waals surface area contributed by atoms with Gasteiger partial charge in [-0.15, -0.1) is 0 Å². The van der Waals surface area contributed by atoms with Crippen molar-refractivity contribution in [3.8, 4) is 0 Å². The van der Waals surface area contributed by atoms with Crippen LogP contribution in [0, 0.1) is 12.7 Å². The third-order valence-electron chi connectivity index (χ3n) is 3.25. The van der Waals surface area contributed by atoms with Gasteiger partial charge in [0, 0.05) is 25.5 Å². The Morgan fingerprint density at radius 1 is 1.29 bits per heavy atom. The number of amides is 1. The van der Waals surface area contributed by atoms with Crippen molar-refractivity contribution >= 4 is 11.6 Å². The lowest BCUT2D eigenvalue weighted by molar-refractivity contribution is 0.0958. The summed E-state index contributed by atoms with van der Waals surface area (Å²) in [5, 5.41) is 5.78. The minimum Gasteiger partial charge on any atom is -0.385 e. The maximum Gasteiger partial charge on any atom is 0.269 e. The van der Waals surface area contributed by atoms with Crippen LogP contribution < -0.4 is 10.6 Å². The Morgan fingerprint density at radius 2 is 2.10 bits per heavy atom. The minimum absolute atomic E-state index is 0.214. The number of hydrogen-bond acceptors (Lipinski definition) is 3. The van der Waals surface area contributed by atoms with Gasteiger partial charge < -0.3 is 10.6 Å². The molecule has 0 bridgehead atoms. The predicted octanol–water partition coefficient (Wildman–Crippen LogP) is 2.54. The Hall–Kier alpha value is -2.43. The molecule has 1 aromatic heterocycles. The van der Waals surface area contributed by atoms with Crippen LogP contribution in [0.2, 0.25) is 0 Å². The van der Waals surface area contributed by atoms with Gasteiger partial charge in [-0.2, -0.15) is 0 Å². The SMILES string of the molecule is CNC(=O)c1cc(NCCc2ccc(F)cc2C)ccn1. The molecule has 2 N–H and O–H groups in total. The van der Waals surface area contributed by atoms with Crippen molar-refractivity contribution in [3.05, 3.63) is 59.2 Å². The summed E-state index contributed by atoms with van der Waals surface area (Å²) in [6, 6.07) is 8.32. The van der Waals surface area contributed by atoms with E-state index in [4.69, 9.17) is 0 Å². The number of carbonyl (C=O) groups is 1.